The molecule has 2 aromatic carbocycles. The van der Waals surface area contributed by atoms with Crippen molar-refractivity contribution in [2.75, 3.05) is 10.6 Å². The van der Waals surface area contributed by atoms with Crippen LogP contribution in [0.4, 0.5) is 16.2 Å². The number of nitrogens with one attached hydrogen (secondary N) is 2. The molecule has 0 saturated heterocycles. The summed E-state index contributed by atoms with van der Waals surface area (Å²) in [5.74, 6) is 0.591. The predicted molar refractivity (Wildman–Crippen MR) is 101 cm³/mol. The van der Waals surface area contributed by atoms with Crippen LogP contribution in [0.15, 0.2) is 79.3 Å². The minimum atomic E-state index is -1.02. The molecule has 0 radical (unpaired) electrons. The van der Waals surface area contributed by atoms with Crippen LogP contribution in [0.2, 0.25) is 5.02 Å². The summed E-state index contributed by atoms with van der Waals surface area (Å²) in [6.07, 6.45) is 0.492. The highest BCUT2D eigenvalue weighted by Gasteiger charge is 2.09. The van der Waals surface area contributed by atoms with Crippen LogP contribution in [0.5, 0.6) is 0 Å². The summed E-state index contributed by atoms with van der Waals surface area (Å²) in [6, 6.07) is 18.2. The average molecular weight is 354 g/mol. The second-order valence-corrected chi connectivity index (χ2v) is 5.80. The van der Waals surface area contributed by atoms with Crippen molar-refractivity contribution >= 4 is 29.1 Å². The number of carboxylic acid groups (broad SMARTS) is 1. The molecule has 0 aliphatic heterocycles. The van der Waals surface area contributed by atoms with Crippen LogP contribution in [-0.2, 0) is 0 Å². The van der Waals surface area contributed by atoms with Crippen LogP contribution in [0.1, 0.15) is 0 Å². The van der Waals surface area contributed by atoms with E-state index in [0.717, 1.165) is 16.9 Å². The third-order valence-electron chi connectivity index (χ3n) is 3.55. The lowest BCUT2D eigenvalue weighted by atomic mass is 10.1. The second kappa shape index (κ2) is 7.15. The summed E-state index contributed by atoms with van der Waals surface area (Å²) >= 11 is 5.87. The molecule has 5 nitrogen and oxygen atoms in total. The van der Waals surface area contributed by atoms with Crippen LogP contribution < -0.4 is 10.6 Å². The van der Waals surface area contributed by atoms with Crippen molar-refractivity contribution in [3.63, 3.8) is 0 Å². The van der Waals surface area contributed by atoms with Crippen molar-refractivity contribution in [3.05, 3.63) is 84.3 Å². The second-order valence-electron chi connectivity index (χ2n) is 5.36. The van der Waals surface area contributed by atoms with Gasteiger partial charge in [0.25, 0.3) is 0 Å². The lowest BCUT2D eigenvalue weighted by molar-refractivity contribution is 0.197. The summed E-state index contributed by atoms with van der Waals surface area (Å²) in [7, 11) is 0. The quantitative estimate of drug-likeness (QED) is 0.580. The van der Waals surface area contributed by atoms with Crippen molar-refractivity contribution in [2.24, 2.45) is 0 Å². The highest BCUT2D eigenvalue weighted by molar-refractivity contribution is 6.30. The molecule has 0 amide bonds. The zero-order valence-electron chi connectivity index (χ0n) is 13.2. The van der Waals surface area contributed by atoms with Gasteiger partial charge in [-0.25, -0.2) is 4.79 Å². The number of benzene rings is 2. The molecule has 3 rings (SSSR count). The number of carbonyl (C=O) groups is 1. The highest BCUT2D eigenvalue weighted by Crippen LogP contribution is 2.24. The molecule has 6 heteroatoms. The first-order valence-electron chi connectivity index (χ1n) is 7.52. The molecule has 0 fully saturated rings. The molecule has 0 aliphatic carbocycles. The number of anilines is 2. The minimum absolute atomic E-state index is 0.591. The maximum atomic E-state index is 11.3. The van der Waals surface area contributed by atoms with E-state index in [1.54, 1.807) is 24.3 Å². The first kappa shape index (κ1) is 16.7. The Hall–Kier alpha value is -3.18. The van der Waals surface area contributed by atoms with E-state index in [4.69, 9.17) is 11.6 Å². The summed E-state index contributed by atoms with van der Waals surface area (Å²) < 4.78 is 1.18. The first-order valence-corrected chi connectivity index (χ1v) is 7.90. The van der Waals surface area contributed by atoms with Crippen molar-refractivity contribution in [2.45, 2.75) is 0 Å². The molecule has 1 heterocycles. The maximum absolute atomic E-state index is 11.3. The van der Waals surface area contributed by atoms with E-state index >= 15 is 0 Å². The van der Waals surface area contributed by atoms with E-state index in [1.807, 2.05) is 36.4 Å². The monoisotopic (exact) mass is 353 g/mol. The van der Waals surface area contributed by atoms with Crippen LogP contribution in [0.3, 0.4) is 0 Å². The standard InChI is InChI=1S/C19H16ClN3O2/c1-13(21-16-9-7-15(20)8-10-16)22-17-5-2-4-14(12-17)18-6-3-11-23(18)19(24)25/h2-12,21-22H,1H2,(H,24,25). The summed E-state index contributed by atoms with van der Waals surface area (Å²) in [5.41, 5.74) is 3.05. The largest absolute Gasteiger partial charge is 0.464 e. The van der Waals surface area contributed by atoms with Gasteiger partial charge in [0.2, 0.25) is 0 Å². The van der Waals surface area contributed by atoms with Gasteiger partial charge in [-0.05, 0) is 48.5 Å². The van der Waals surface area contributed by atoms with Gasteiger partial charge in [0.15, 0.2) is 0 Å². The normalized spacial score (nSPS) is 10.3. The Morgan fingerprint density at radius 3 is 2.44 bits per heavy atom. The zero-order valence-corrected chi connectivity index (χ0v) is 14.0. The maximum Gasteiger partial charge on any atom is 0.415 e. The van der Waals surface area contributed by atoms with Gasteiger partial charge in [0, 0.05) is 28.2 Å². The number of aromatic nitrogens is 1. The molecule has 0 saturated carbocycles. The Kier molecular flexibility index (Phi) is 4.77. The number of hydrogen-bond acceptors (Lipinski definition) is 3. The SMILES string of the molecule is C=C(Nc1ccc(Cl)cc1)Nc1cccc(-c2cccn2C(=O)O)c1. The van der Waals surface area contributed by atoms with Crippen molar-refractivity contribution in [1.29, 1.82) is 0 Å². The van der Waals surface area contributed by atoms with Gasteiger partial charge < -0.3 is 15.7 Å². The van der Waals surface area contributed by atoms with Gasteiger partial charge in [-0.15, -0.1) is 0 Å². The van der Waals surface area contributed by atoms with Crippen molar-refractivity contribution in [3.8, 4) is 11.3 Å². The van der Waals surface area contributed by atoms with Crippen molar-refractivity contribution in [1.82, 2.24) is 4.57 Å². The Bertz CT molecular complexity index is 916. The van der Waals surface area contributed by atoms with E-state index in [-0.39, 0.29) is 0 Å². The zero-order chi connectivity index (χ0) is 17.8. The molecule has 1 aromatic heterocycles. The van der Waals surface area contributed by atoms with Crippen LogP contribution in [0, 0.1) is 0 Å². The Balaban J connectivity index is 1.75. The molecular weight excluding hydrogens is 338 g/mol. The molecule has 25 heavy (non-hydrogen) atoms. The third kappa shape index (κ3) is 4.02. The Morgan fingerprint density at radius 2 is 1.72 bits per heavy atom. The molecule has 0 aliphatic rings. The van der Waals surface area contributed by atoms with E-state index in [1.165, 1.54) is 10.8 Å². The fourth-order valence-electron chi connectivity index (χ4n) is 2.45. The fraction of sp³-hybridized carbons (Fsp3) is 0. The summed E-state index contributed by atoms with van der Waals surface area (Å²) in [5, 5.41) is 16.2. The van der Waals surface area contributed by atoms with Gasteiger partial charge in [0.05, 0.1) is 5.69 Å². The van der Waals surface area contributed by atoms with Gasteiger partial charge in [-0.3, -0.25) is 4.57 Å². The fourth-order valence-corrected chi connectivity index (χ4v) is 2.58. The predicted octanol–water partition coefficient (Wildman–Crippen LogP) is 5.33. The van der Waals surface area contributed by atoms with Gasteiger partial charge in [0.1, 0.15) is 5.82 Å². The third-order valence-corrected chi connectivity index (χ3v) is 3.80. The summed E-state index contributed by atoms with van der Waals surface area (Å²) in [4.78, 5) is 11.3. The smallest absolute Gasteiger partial charge is 0.415 e. The minimum Gasteiger partial charge on any atom is -0.464 e. The molecule has 0 unspecified atom stereocenters. The van der Waals surface area contributed by atoms with Gasteiger partial charge in [-0.2, -0.15) is 0 Å². The molecular formula is C19H16ClN3O2. The molecule has 126 valence electrons. The summed E-state index contributed by atoms with van der Waals surface area (Å²) in [6.45, 7) is 3.95. The van der Waals surface area contributed by atoms with E-state index in [9.17, 15) is 9.90 Å². The molecule has 0 atom stereocenters. The number of rotatable bonds is 5. The Labute approximate surface area is 150 Å². The van der Waals surface area contributed by atoms with Crippen LogP contribution >= 0.6 is 11.6 Å². The highest BCUT2D eigenvalue weighted by atomic mass is 35.5. The topological polar surface area (TPSA) is 66.3 Å². The Morgan fingerprint density at radius 1 is 1.00 bits per heavy atom. The molecule has 3 N–H and O–H groups in total. The van der Waals surface area contributed by atoms with Crippen LogP contribution in [-0.4, -0.2) is 15.8 Å². The molecule has 3 aromatic rings. The number of halogens is 1. The van der Waals surface area contributed by atoms with Crippen LogP contribution in [0.25, 0.3) is 11.3 Å². The molecule has 0 bridgehead atoms. The van der Waals surface area contributed by atoms with Crippen molar-refractivity contribution < 1.29 is 9.90 Å². The van der Waals surface area contributed by atoms with E-state index in [0.29, 0.717) is 16.5 Å². The average Bonchev–Trinajstić information content (AvgIpc) is 3.07. The van der Waals surface area contributed by atoms with Gasteiger partial charge in [-0.1, -0.05) is 30.3 Å². The molecule has 0 spiro atoms. The lowest BCUT2D eigenvalue weighted by Crippen LogP contribution is -2.09. The van der Waals surface area contributed by atoms with E-state index < -0.39 is 6.09 Å². The first-order chi connectivity index (χ1) is 12.0. The lowest BCUT2D eigenvalue weighted by Gasteiger charge is -2.13. The number of hydrogen-bond donors (Lipinski definition) is 3. The number of nitrogens with zero attached hydrogens (tertiary/aromatic N) is 1. The van der Waals surface area contributed by atoms with Gasteiger partial charge >= 0.3 is 6.09 Å². The van der Waals surface area contributed by atoms with E-state index in [2.05, 4.69) is 17.2 Å².